The van der Waals surface area contributed by atoms with Gasteiger partial charge in [0.1, 0.15) is 29.5 Å². The number of aliphatic imine (C=N–C) groups is 1. The zero-order valence-electron chi connectivity index (χ0n) is 31.0. The Bertz CT molecular complexity index is 2180. The predicted molar refractivity (Wildman–Crippen MR) is 201 cm³/mol. The fourth-order valence-corrected chi connectivity index (χ4v) is 8.53. The van der Waals surface area contributed by atoms with Crippen LogP contribution in [0.3, 0.4) is 0 Å². The van der Waals surface area contributed by atoms with Gasteiger partial charge < -0.3 is 15.4 Å². The maximum absolute atomic E-state index is 13.3. The van der Waals surface area contributed by atoms with Gasteiger partial charge in [-0.15, -0.1) is 21.5 Å². The lowest BCUT2D eigenvalue weighted by Crippen LogP contribution is -2.54. The van der Waals surface area contributed by atoms with Crippen LogP contribution < -0.4 is 16.0 Å². The largest absolute Gasteiger partial charge is 0.363 e. The third kappa shape index (κ3) is 7.43. The number of thiophene rings is 1. The molecule has 4 atom stereocenters. The molecular weight excluding hydrogens is 725 g/mol. The number of carbonyl (C=O) groups is 6. The van der Waals surface area contributed by atoms with Crippen molar-refractivity contribution in [3.8, 4) is 5.00 Å². The Balaban J connectivity index is 0.890. The number of hydrogen-bond acceptors (Lipinski definition) is 11. The molecule has 0 bridgehead atoms. The number of imide groups is 2. The maximum atomic E-state index is 13.3. The minimum Gasteiger partial charge on any atom is -0.363 e. The molecular formula is C39H42N8O7S. The molecule has 0 spiro atoms. The first-order valence-corrected chi connectivity index (χ1v) is 19.2. The molecule has 16 heteroatoms. The first kappa shape index (κ1) is 37.7. The number of piperidine rings is 1. The molecule has 55 heavy (non-hydrogen) atoms. The van der Waals surface area contributed by atoms with E-state index in [2.05, 4.69) is 64.3 Å². The van der Waals surface area contributed by atoms with Crippen molar-refractivity contribution < 1.29 is 33.5 Å². The lowest BCUT2D eigenvalue weighted by atomic mass is 9.91. The molecule has 15 nitrogen and oxygen atoms in total. The second-order valence-electron chi connectivity index (χ2n) is 14.1. The molecule has 286 valence electrons. The van der Waals surface area contributed by atoms with Crippen LogP contribution in [0.5, 0.6) is 0 Å². The van der Waals surface area contributed by atoms with E-state index in [0.29, 0.717) is 31.8 Å². The lowest BCUT2D eigenvalue weighted by Gasteiger charge is -2.28. The maximum Gasteiger partial charge on any atom is 0.258 e. The van der Waals surface area contributed by atoms with Gasteiger partial charge in [0.05, 0.1) is 24.2 Å². The minimum absolute atomic E-state index is 0.0220. The Morgan fingerprint density at radius 1 is 0.982 bits per heavy atom. The fraction of sp³-hybridized carbons (Fsp3) is 0.410. The number of rotatable bonds is 12. The van der Waals surface area contributed by atoms with Gasteiger partial charge in [0, 0.05) is 41.1 Å². The van der Waals surface area contributed by atoms with Crippen molar-refractivity contribution in [2.45, 2.75) is 78.0 Å². The number of nitrogens with zero attached hydrogens (tertiary/aromatic N) is 5. The van der Waals surface area contributed by atoms with E-state index in [0.717, 1.165) is 43.7 Å². The standard InChI is InChI=1S/C39H42N8O7S/c1-20-10-12-24(13-11-20)34-32-21(2)22(3)55-39(32)46-23(4)44-45-35(46)26(42-34)18-30(49)40-16-5-6-17-41-31(50)19-54-28-9-7-8-25-33(28)38(53)47(37(25)52)27-14-15-29(48)43-36(27)51/h7-13,26-28,33H,5-6,14-19H2,1-4H3,(H,40,49)(H,41,50)(H,43,48,51). The normalized spacial score (nSPS) is 21.6. The van der Waals surface area contributed by atoms with E-state index in [1.165, 1.54) is 11.0 Å². The first-order valence-electron chi connectivity index (χ1n) is 18.3. The number of allylic oxidation sites excluding steroid dienone is 2. The van der Waals surface area contributed by atoms with Gasteiger partial charge in [0.25, 0.3) is 5.91 Å². The molecule has 4 unspecified atom stereocenters. The summed E-state index contributed by atoms with van der Waals surface area (Å²) in [6.45, 7) is 8.52. The minimum atomic E-state index is -1.07. The number of likely N-dealkylation sites (tertiary alicyclic amines) is 1. The third-order valence-electron chi connectivity index (χ3n) is 10.3. The molecule has 6 amide bonds. The van der Waals surface area contributed by atoms with Crippen LogP contribution >= 0.6 is 11.3 Å². The van der Waals surface area contributed by atoms with E-state index in [4.69, 9.17) is 9.73 Å². The third-order valence-corrected chi connectivity index (χ3v) is 11.5. The number of nitrogens with one attached hydrogen (secondary N) is 3. The van der Waals surface area contributed by atoms with E-state index >= 15 is 0 Å². The molecule has 3 aliphatic heterocycles. The fourth-order valence-electron chi connectivity index (χ4n) is 7.32. The van der Waals surface area contributed by atoms with Gasteiger partial charge in [-0.25, -0.2) is 0 Å². The van der Waals surface area contributed by atoms with Crippen molar-refractivity contribution in [1.82, 2.24) is 35.6 Å². The van der Waals surface area contributed by atoms with Gasteiger partial charge in [-0.05, 0) is 52.5 Å². The summed E-state index contributed by atoms with van der Waals surface area (Å²) in [6.07, 6.45) is 5.17. The highest BCUT2D eigenvalue weighted by Gasteiger charge is 2.52. The summed E-state index contributed by atoms with van der Waals surface area (Å²) < 4.78 is 7.79. The van der Waals surface area contributed by atoms with E-state index in [-0.39, 0.29) is 37.3 Å². The van der Waals surface area contributed by atoms with Crippen LogP contribution in [0.2, 0.25) is 0 Å². The molecule has 2 aromatic heterocycles. The molecule has 1 aromatic carbocycles. The predicted octanol–water partition coefficient (Wildman–Crippen LogP) is 2.53. The molecule has 2 saturated heterocycles. The molecule has 3 N–H and O–H groups in total. The van der Waals surface area contributed by atoms with Crippen LogP contribution in [0.15, 0.2) is 53.1 Å². The summed E-state index contributed by atoms with van der Waals surface area (Å²) in [4.78, 5) is 83.6. The lowest BCUT2D eigenvalue weighted by molar-refractivity contribution is -0.152. The number of fused-ring (bicyclic) bond motifs is 4. The Labute approximate surface area is 321 Å². The summed E-state index contributed by atoms with van der Waals surface area (Å²) in [5.74, 6) is -2.56. The molecule has 0 saturated carbocycles. The van der Waals surface area contributed by atoms with Crippen LogP contribution in [0.1, 0.15) is 76.9 Å². The number of aromatic nitrogens is 3. The van der Waals surface area contributed by atoms with Gasteiger partial charge in [0.2, 0.25) is 29.5 Å². The molecule has 2 fully saturated rings. The summed E-state index contributed by atoms with van der Waals surface area (Å²) in [5.41, 5.74) is 5.29. The monoisotopic (exact) mass is 766 g/mol. The number of amides is 6. The second kappa shape index (κ2) is 15.6. The van der Waals surface area contributed by atoms with Crippen molar-refractivity contribution in [2.75, 3.05) is 19.7 Å². The van der Waals surface area contributed by atoms with E-state index < -0.39 is 53.6 Å². The van der Waals surface area contributed by atoms with Crippen molar-refractivity contribution in [1.29, 1.82) is 0 Å². The van der Waals surface area contributed by atoms with Crippen LogP contribution in [0.4, 0.5) is 0 Å². The first-order chi connectivity index (χ1) is 26.4. The van der Waals surface area contributed by atoms with Crippen molar-refractivity contribution in [3.63, 3.8) is 0 Å². The van der Waals surface area contributed by atoms with Crippen molar-refractivity contribution in [2.24, 2.45) is 10.9 Å². The average Bonchev–Trinajstić information content (AvgIpc) is 3.73. The highest BCUT2D eigenvalue weighted by molar-refractivity contribution is 7.15. The SMILES string of the molecule is Cc1ccc(C2=NC(CC(=O)NCCCCNC(=O)COC3C=CC=C4C(=O)N(C5CCC(=O)NC5=O)C(=O)C43)c3nnc(C)n3-c3sc(C)c(C)c32)cc1. The number of unbranched alkanes of at least 4 members (excludes halogenated alkanes) is 1. The Morgan fingerprint density at radius 2 is 1.71 bits per heavy atom. The smallest absolute Gasteiger partial charge is 0.258 e. The summed E-state index contributed by atoms with van der Waals surface area (Å²) in [6, 6.07) is 6.60. The van der Waals surface area contributed by atoms with Crippen molar-refractivity contribution in [3.05, 3.63) is 86.8 Å². The van der Waals surface area contributed by atoms with Gasteiger partial charge >= 0.3 is 0 Å². The number of carbonyl (C=O) groups excluding carboxylic acids is 6. The van der Waals surface area contributed by atoms with Crippen LogP contribution in [-0.2, 0) is 33.5 Å². The van der Waals surface area contributed by atoms with Crippen molar-refractivity contribution >= 4 is 52.5 Å². The van der Waals surface area contributed by atoms with Gasteiger partial charge in [-0.3, -0.25) is 48.5 Å². The summed E-state index contributed by atoms with van der Waals surface area (Å²) >= 11 is 1.67. The number of hydrogen-bond donors (Lipinski definition) is 3. The van der Waals surface area contributed by atoms with Gasteiger partial charge in [-0.1, -0.05) is 48.1 Å². The zero-order valence-corrected chi connectivity index (χ0v) is 31.8. The number of benzene rings is 1. The molecule has 1 aliphatic carbocycles. The van der Waals surface area contributed by atoms with Gasteiger partial charge in [0.15, 0.2) is 5.82 Å². The Kier molecular flexibility index (Phi) is 10.7. The molecule has 3 aromatic rings. The molecule has 5 heterocycles. The molecule has 7 rings (SSSR count). The molecule has 4 aliphatic rings. The van der Waals surface area contributed by atoms with E-state index in [9.17, 15) is 28.8 Å². The van der Waals surface area contributed by atoms with Crippen LogP contribution in [0, 0.1) is 33.6 Å². The van der Waals surface area contributed by atoms with Gasteiger partial charge in [-0.2, -0.15) is 0 Å². The zero-order chi connectivity index (χ0) is 39.0. The van der Waals surface area contributed by atoms with Crippen LogP contribution in [-0.4, -0.2) is 92.7 Å². The number of aryl methyl sites for hydroxylation is 3. The van der Waals surface area contributed by atoms with E-state index in [1.807, 2.05) is 18.4 Å². The molecule has 0 radical (unpaired) electrons. The number of ether oxygens (including phenoxy) is 1. The Hall–Kier alpha value is -5.61. The second-order valence-corrected chi connectivity index (χ2v) is 15.3. The Morgan fingerprint density at radius 3 is 2.44 bits per heavy atom. The summed E-state index contributed by atoms with van der Waals surface area (Å²) in [5, 5.41) is 17.8. The summed E-state index contributed by atoms with van der Waals surface area (Å²) in [7, 11) is 0. The van der Waals surface area contributed by atoms with Crippen LogP contribution in [0.25, 0.3) is 5.00 Å². The highest BCUT2D eigenvalue weighted by atomic mass is 32.1. The average molecular weight is 767 g/mol. The van der Waals surface area contributed by atoms with E-state index in [1.54, 1.807) is 23.5 Å². The topological polar surface area (TPSA) is 194 Å². The highest BCUT2D eigenvalue weighted by Crippen LogP contribution is 2.40. The quantitative estimate of drug-likeness (QED) is 0.184.